The molecule has 0 saturated heterocycles. The summed E-state index contributed by atoms with van der Waals surface area (Å²) in [7, 11) is 0. The molecule has 0 aliphatic rings. The average molecular weight is 292 g/mol. The summed E-state index contributed by atoms with van der Waals surface area (Å²) in [5.74, 6) is 0.353. The van der Waals surface area contributed by atoms with Gasteiger partial charge in [0.05, 0.1) is 5.56 Å². The molecule has 0 saturated carbocycles. The first kappa shape index (κ1) is 13.6. The lowest BCUT2D eigenvalue weighted by molar-refractivity contribution is -0.137. The Kier molecular flexibility index (Phi) is 3.13. The molecule has 2 heterocycles. The lowest BCUT2D eigenvalue weighted by atomic mass is 10.1. The quantitative estimate of drug-likeness (QED) is 0.790. The van der Waals surface area contributed by atoms with E-state index in [1.165, 1.54) is 10.5 Å². The van der Waals surface area contributed by atoms with Gasteiger partial charge in [-0.1, -0.05) is 18.2 Å². The Morgan fingerprint density at radius 3 is 2.62 bits per heavy atom. The van der Waals surface area contributed by atoms with Crippen LogP contribution in [0.3, 0.4) is 0 Å². The van der Waals surface area contributed by atoms with Crippen molar-refractivity contribution in [3.05, 3.63) is 53.7 Å². The third-order valence-corrected chi connectivity index (χ3v) is 3.15. The van der Waals surface area contributed by atoms with Gasteiger partial charge in [0.2, 0.25) is 0 Å². The second kappa shape index (κ2) is 4.85. The highest BCUT2D eigenvalue weighted by Crippen LogP contribution is 2.30. The van der Waals surface area contributed by atoms with Crippen LogP contribution in [0.5, 0.6) is 0 Å². The van der Waals surface area contributed by atoms with Crippen LogP contribution < -0.4 is 5.73 Å². The summed E-state index contributed by atoms with van der Waals surface area (Å²) >= 11 is 0. The van der Waals surface area contributed by atoms with Crippen molar-refractivity contribution in [1.29, 1.82) is 0 Å². The highest BCUT2D eigenvalue weighted by Gasteiger charge is 2.31. The molecular formula is C14H11F3N4. The van der Waals surface area contributed by atoms with Crippen LogP contribution >= 0.6 is 0 Å². The number of pyridine rings is 1. The number of hydrogen-bond donors (Lipinski definition) is 1. The van der Waals surface area contributed by atoms with Gasteiger partial charge in [-0.15, -0.1) is 10.2 Å². The van der Waals surface area contributed by atoms with Crippen molar-refractivity contribution in [1.82, 2.24) is 14.6 Å². The fraction of sp³-hybridized carbons (Fsp3) is 0.143. The molecular weight excluding hydrogens is 281 g/mol. The van der Waals surface area contributed by atoms with Crippen molar-refractivity contribution >= 4 is 5.65 Å². The number of rotatable bonds is 2. The zero-order chi connectivity index (χ0) is 15.0. The largest absolute Gasteiger partial charge is 0.417 e. The van der Waals surface area contributed by atoms with Crippen molar-refractivity contribution in [2.24, 2.45) is 5.73 Å². The van der Waals surface area contributed by atoms with Crippen LogP contribution in [0.2, 0.25) is 0 Å². The van der Waals surface area contributed by atoms with Gasteiger partial charge in [0, 0.05) is 18.3 Å². The SMILES string of the molecule is NCc1cccc(-c2nnc3ccc(C(F)(F)F)cn23)c1. The van der Waals surface area contributed by atoms with Gasteiger partial charge in [0.15, 0.2) is 11.5 Å². The standard InChI is InChI=1S/C14H11F3N4/c15-14(16,17)11-4-5-12-19-20-13(21(12)8-11)10-3-1-2-9(6-10)7-18/h1-6,8H,7,18H2. The molecule has 0 spiro atoms. The van der Waals surface area contributed by atoms with Crippen LogP contribution in [0.4, 0.5) is 13.2 Å². The number of fused-ring (bicyclic) bond motifs is 1. The third-order valence-electron chi connectivity index (χ3n) is 3.15. The molecule has 3 rings (SSSR count). The second-order valence-corrected chi connectivity index (χ2v) is 4.57. The average Bonchev–Trinajstić information content (AvgIpc) is 2.89. The van der Waals surface area contributed by atoms with E-state index in [2.05, 4.69) is 10.2 Å². The van der Waals surface area contributed by atoms with E-state index >= 15 is 0 Å². The fourth-order valence-electron chi connectivity index (χ4n) is 2.09. The first-order chi connectivity index (χ1) is 9.99. The van der Waals surface area contributed by atoms with Gasteiger partial charge in [0.25, 0.3) is 0 Å². The van der Waals surface area contributed by atoms with Crippen LogP contribution in [0, 0.1) is 0 Å². The normalized spacial score (nSPS) is 12.0. The predicted molar refractivity (Wildman–Crippen MR) is 71.3 cm³/mol. The number of halogens is 3. The van der Waals surface area contributed by atoms with Crippen molar-refractivity contribution in [2.75, 3.05) is 0 Å². The zero-order valence-electron chi connectivity index (χ0n) is 10.8. The van der Waals surface area contributed by atoms with Gasteiger partial charge in [-0.05, 0) is 23.8 Å². The third kappa shape index (κ3) is 2.47. The minimum Gasteiger partial charge on any atom is -0.326 e. The Morgan fingerprint density at radius 2 is 1.90 bits per heavy atom. The molecule has 0 atom stereocenters. The smallest absolute Gasteiger partial charge is 0.326 e. The summed E-state index contributed by atoms with van der Waals surface area (Å²) in [5.41, 5.74) is 6.73. The topological polar surface area (TPSA) is 56.2 Å². The van der Waals surface area contributed by atoms with E-state index in [0.717, 1.165) is 17.8 Å². The summed E-state index contributed by atoms with van der Waals surface area (Å²) in [6.45, 7) is 0.346. The molecule has 0 aliphatic carbocycles. The number of aromatic nitrogens is 3. The van der Waals surface area contributed by atoms with Gasteiger partial charge in [-0.3, -0.25) is 4.40 Å². The molecule has 7 heteroatoms. The van der Waals surface area contributed by atoms with Crippen molar-refractivity contribution in [2.45, 2.75) is 12.7 Å². The number of alkyl halides is 3. The Bertz CT molecular complexity index is 792. The maximum Gasteiger partial charge on any atom is 0.417 e. The van der Waals surface area contributed by atoms with E-state index in [1.54, 1.807) is 18.2 Å². The molecule has 21 heavy (non-hydrogen) atoms. The van der Waals surface area contributed by atoms with E-state index in [1.807, 2.05) is 6.07 Å². The zero-order valence-corrected chi connectivity index (χ0v) is 10.8. The highest BCUT2D eigenvalue weighted by molar-refractivity contribution is 5.60. The second-order valence-electron chi connectivity index (χ2n) is 4.57. The molecule has 0 fully saturated rings. The Hall–Kier alpha value is -2.41. The van der Waals surface area contributed by atoms with Crippen LogP contribution in [0.1, 0.15) is 11.1 Å². The van der Waals surface area contributed by atoms with Crippen LogP contribution in [-0.4, -0.2) is 14.6 Å². The molecule has 0 aliphatic heterocycles. The summed E-state index contributed by atoms with van der Waals surface area (Å²) in [4.78, 5) is 0. The first-order valence-electron chi connectivity index (χ1n) is 6.20. The van der Waals surface area contributed by atoms with Crippen molar-refractivity contribution in [3.63, 3.8) is 0 Å². The van der Waals surface area contributed by atoms with Gasteiger partial charge >= 0.3 is 6.18 Å². The van der Waals surface area contributed by atoms with E-state index in [-0.39, 0.29) is 0 Å². The Labute approximate surface area is 118 Å². The summed E-state index contributed by atoms with van der Waals surface area (Å²) < 4.78 is 39.7. The molecule has 4 nitrogen and oxygen atoms in total. The fourth-order valence-corrected chi connectivity index (χ4v) is 2.09. The number of nitrogens with two attached hydrogens (primary N) is 1. The number of nitrogens with zero attached hydrogens (tertiary/aromatic N) is 3. The molecule has 0 unspecified atom stereocenters. The minimum atomic E-state index is -4.41. The molecule has 108 valence electrons. The van der Waals surface area contributed by atoms with E-state index in [9.17, 15) is 13.2 Å². The van der Waals surface area contributed by atoms with Gasteiger partial charge < -0.3 is 5.73 Å². The first-order valence-corrected chi connectivity index (χ1v) is 6.20. The monoisotopic (exact) mass is 292 g/mol. The van der Waals surface area contributed by atoms with Gasteiger partial charge in [-0.2, -0.15) is 13.2 Å². The molecule has 0 amide bonds. The van der Waals surface area contributed by atoms with E-state index < -0.39 is 11.7 Å². The van der Waals surface area contributed by atoms with Crippen LogP contribution in [0.25, 0.3) is 17.0 Å². The number of benzene rings is 1. The molecule has 3 aromatic rings. The van der Waals surface area contributed by atoms with Gasteiger partial charge in [0.1, 0.15) is 0 Å². The van der Waals surface area contributed by atoms with Crippen LogP contribution in [-0.2, 0) is 12.7 Å². The number of hydrogen-bond acceptors (Lipinski definition) is 3. The van der Waals surface area contributed by atoms with E-state index in [0.29, 0.717) is 23.6 Å². The van der Waals surface area contributed by atoms with Crippen LogP contribution in [0.15, 0.2) is 42.6 Å². The molecule has 2 N–H and O–H groups in total. The minimum absolute atomic E-state index is 0.346. The molecule has 1 aromatic carbocycles. The lowest BCUT2D eigenvalue weighted by Gasteiger charge is -2.08. The Morgan fingerprint density at radius 1 is 1.10 bits per heavy atom. The van der Waals surface area contributed by atoms with Crippen molar-refractivity contribution in [3.8, 4) is 11.4 Å². The van der Waals surface area contributed by atoms with Crippen molar-refractivity contribution < 1.29 is 13.2 Å². The summed E-state index contributed by atoms with van der Waals surface area (Å²) in [5, 5.41) is 7.86. The predicted octanol–water partition coefficient (Wildman–Crippen LogP) is 2.87. The molecule has 0 radical (unpaired) electrons. The van der Waals surface area contributed by atoms with E-state index in [4.69, 9.17) is 5.73 Å². The summed E-state index contributed by atoms with van der Waals surface area (Å²) in [6, 6.07) is 9.46. The molecule has 2 aromatic heterocycles. The lowest BCUT2D eigenvalue weighted by Crippen LogP contribution is -2.06. The highest BCUT2D eigenvalue weighted by atomic mass is 19.4. The maximum absolute atomic E-state index is 12.8. The maximum atomic E-state index is 12.8. The molecule has 0 bridgehead atoms. The van der Waals surface area contributed by atoms with Gasteiger partial charge in [-0.25, -0.2) is 0 Å². The Balaban J connectivity index is 2.18. The summed E-state index contributed by atoms with van der Waals surface area (Å²) in [6.07, 6.45) is -3.41.